The molecule has 1 fully saturated rings. The van der Waals surface area contributed by atoms with Gasteiger partial charge in [-0.25, -0.2) is 5.48 Å². The number of hydrogen-bond donors (Lipinski definition) is 3. The van der Waals surface area contributed by atoms with Crippen molar-refractivity contribution in [2.24, 2.45) is 5.92 Å². The number of nitrogens with one attached hydrogen (secondary N) is 2. The third-order valence-corrected chi connectivity index (χ3v) is 6.63. The van der Waals surface area contributed by atoms with E-state index in [1.54, 1.807) is 17.6 Å². The molecule has 3 amide bonds. The van der Waals surface area contributed by atoms with Gasteiger partial charge in [0.25, 0.3) is 5.91 Å². The van der Waals surface area contributed by atoms with Crippen molar-refractivity contribution in [2.75, 3.05) is 13.6 Å². The summed E-state index contributed by atoms with van der Waals surface area (Å²) in [5, 5.41) is 11.9. The van der Waals surface area contributed by atoms with Gasteiger partial charge in [-0.1, -0.05) is 26.0 Å². The number of ether oxygens (including phenoxy) is 1. The zero-order chi connectivity index (χ0) is 26.5. The topological polar surface area (TPSA) is 121 Å². The first-order chi connectivity index (χ1) is 17.1. The summed E-state index contributed by atoms with van der Waals surface area (Å²) >= 11 is 0. The van der Waals surface area contributed by atoms with E-state index in [0.717, 1.165) is 17.0 Å². The van der Waals surface area contributed by atoms with Gasteiger partial charge in [0.05, 0.1) is 5.41 Å². The monoisotopic (exact) mass is 496 g/mol. The van der Waals surface area contributed by atoms with Crippen molar-refractivity contribution in [3.8, 4) is 5.75 Å². The number of rotatable bonds is 10. The highest BCUT2D eigenvalue weighted by Gasteiger charge is 2.51. The molecule has 0 bridgehead atoms. The second-order valence-electron chi connectivity index (χ2n) is 9.87. The van der Waals surface area contributed by atoms with Gasteiger partial charge in [0.2, 0.25) is 11.8 Å². The highest BCUT2D eigenvalue weighted by Crippen LogP contribution is 2.41. The van der Waals surface area contributed by atoms with E-state index < -0.39 is 17.4 Å². The number of pyridine rings is 1. The molecule has 2 atom stereocenters. The van der Waals surface area contributed by atoms with Gasteiger partial charge in [-0.05, 0) is 68.0 Å². The second-order valence-corrected chi connectivity index (χ2v) is 9.87. The lowest BCUT2D eigenvalue weighted by atomic mass is 9.75. The summed E-state index contributed by atoms with van der Waals surface area (Å²) in [6.07, 6.45) is 0.737. The summed E-state index contributed by atoms with van der Waals surface area (Å²) in [6.45, 7) is 8.46. The Hall–Kier alpha value is -3.46. The number of aryl methyl sites for hydroxylation is 2. The lowest BCUT2D eigenvalue weighted by Crippen LogP contribution is -2.50. The molecule has 0 aliphatic carbocycles. The van der Waals surface area contributed by atoms with Gasteiger partial charge in [-0.2, -0.15) is 0 Å². The number of hydrogen-bond acceptors (Lipinski definition) is 6. The molecule has 0 spiro atoms. The van der Waals surface area contributed by atoms with Crippen LogP contribution in [0.1, 0.15) is 55.6 Å². The first-order valence-electron chi connectivity index (χ1n) is 12.2. The van der Waals surface area contributed by atoms with Crippen LogP contribution in [0.5, 0.6) is 5.75 Å². The van der Waals surface area contributed by atoms with Crippen LogP contribution in [-0.4, -0.2) is 52.4 Å². The Morgan fingerprint density at radius 3 is 2.36 bits per heavy atom. The molecule has 0 saturated carbocycles. The quantitative estimate of drug-likeness (QED) is 0.344. The van der Waals surface area contributed by atoms with Crippen molar-refractivity contribution in [2.45, 2.75) is 65.0 Å². The Bertz CT molecular complexity index is 1080. The number of amides is 3. The third kappa shape index (κ3) is 6.02. The molecule has 2 unspecified atom stereocenters. The molecule has 1 aliphatic heterocycles. The van der Waals surface area contributed by atoms with Crippen molar-refractivity contribution >= 4 is 17.7 Å². The fourth-order valence-corrected chi connectivity index (χ4v) is 4.93. The van der Waals surface area contributed by atoms with E-state index in [2.05, 4.69) is 10.3 Å². The van der Waals surface area contributed by atoms with Crippen LogP contribution in [0, 0.1) is 19.8 Å². The molecule has 1 aromatic heterocycles. The van der Waals surface area contributed by atoms with E-state index in [1.807, 2.05) is 52.0 Å². The summed E-state index contributed by atoms with van der Waals surface area (Å²) in [7, 11) is 1.54. The number of likely N-dealkylation sites (tertiary alicyclic amines) is 1. The largest absolute Gasteiger partial charge is 0.489 e. The number of aromatic nitrogens is 1. The third-order valence-electron chi connectivity index (χ3n) is 6.63. The fraction of sp³-hybridized carbons (Fsp3) is 0.481. The predicted molar refractivity (Wildman–Crippen MR) is 134 cm³/mol. The summed E-state index contributed by atoms with van der Waals surface area (Å²) in [5.41, 5.74) is 4.14. The Morgan fingerprint density at radius 2 is 1.81 bits per heavy atom. The minimum absolute atomic E-state index is 0.0379. The van der Waals surface area contributed by atoms with Gasteiger partial charge in [-0.15, -0.1) is 0 Å². The molecule has 2 aromatic rings. The molecule has 1 aliphatic rings. The molecule has 3 rings (SSSR count). The van der Waals surface area contributed by atoms with Crippen LogP contribution < -0.4 is 15.5 Å². The number of hydroxylamine groups is 1. The second kappa shape index (κ2) is 11.5. The average Bonchev–Trinajstić information content (AvgIpc) is 3.16. The van der Waals surface area contributed by atoms with E-state index in [0.29, 0.717) is 37.3 Å². The van der Waals surface area contributed by atoms with Gasteiger partial charge in [0.1, 0.15) is 18.4 Å². The van der Waals surface area contributed by atoms with Crippen LogP contribution >= 0.6 is 0 Å². The van der Waals surface area contributed by atoms with E-state index >= 15 is 0 Å². The molecule has 36 heavy (non-hydrogen) atoms. The summed E-state index contributed by atoms with van der Waals surface area (Å²) in [4.78, 5) is 44.6. The van der Waals surface area contributed by atoms with E-state index in [4.69, 9.17) is 4.74 Å². The van der Waals surface area contributed by atoms with Gasteiger partial charge in [0.15, 0.2) is 0 Å². The SMILES string of the molecule is CNC(=O)CC1(c2ccc(OCc3cc(C)nc(C)c3)cc2)CCN(C(CC(C)C)C(=O)NO)C1=O. The molecule has 1 aromatic carbocycles. The molecule has 3 N–H and O–H groups in total. The van der Waals surface area contributed by atoms with Crippen LogP contribution in [0.4, 0.5) is 0 Å². The Morgan fingerprint density at radius 1 is 1.17 bits per heavy atom. The molecule has 194 valence electrons. The predicted octanol–water partition coefficient (Wildman–Crippen LogP) is 2.80. The van der Waals surface area contributed by atoms with Gasteiger partial charge in [-0.3, -0.25) is 24.6 Å². The summed E-state index contributed by atoms with van der Waals surface area (Å²) in [5.74, 6) is -0.421. The van der Waals surface area contributed by atoms with Gasteiger partial charge in [0, 0.05) is 31.4 Å². The Balaban J connectivity index is 1.86. The number of carbonyl (C=O) groups excluding carboxylic acids is 3. The smallest absolute Gasteiger partial charge is 0.266 e. The molecule has 9 heteroatoms. The lowest BCUT2D eigenvalue weighted by molar-refractivity contribution is -0.145. The summed E-state index contributed by atoms with van der Waals surface area (Å²) < 4.78 is 5.95. The fourth-order valence-electron chi connectivity index (χ4n) is 4.93. The molecule has 2 heterocycles. The normalized spacial score (nSPS) is 18.3. The zero-order valence-corrected chi connectivity index (χ0v) is 21.6. The number of benzene rings is 1. The zero-order valence-electron chi connectivity index (χ0n) is 21.6. The standard InChI is InChI=1S/C27H36N4O5/c1-17(2)12-23(25(33)30-35)31-11-10-27(26(31)34,15-24(32)28-5)21-6-8-22(9-7-21)36-16-20-13-18(3)29-19(4)14-20/h6-9,13-14,17,23,35H,10-12,15-16H2,1-5H3,(H,28,32)(H,30,33). The van der Waals surface area contributed by atoms with E-state index in [-0.39, 0.29) is 24.2 Å². The van der Waals surface area contributed by atoms with E-state index in [1.165, 1.54) is 11.9 Å². The minimum atomic E-state index is -1.11. The van der Waals surface area contributed by atoms with Crippen molar-refractivity contribution in [1.29, 1.82) is 0 Å². The Kier molecular flexibility index (Phi) is 8.68. The number of carbonyl (C=O) groups is 3. The van der Waals surface area contributed by atoms with Crippen molar-refractivity contribution in [3.05, 3.63) is 58.9 Å². The molecule has 0 radical (unpaired) electrons. The van der Waals surface area contributed by atoms with Crippen LogP contribution in [-0.2, 0) is 26.4 Å². The van der Waals surface area contributed by atoms with Crippen LogP contribution in [0.3, 0.4) is 0 Å². The van der Waals surface area contributed by atoms with Crippen molar-refractivity contribution in [3.63, 3.8) is 0 Å². The van der Waals surface area contributed by atoms with Crippen LogP contribution in [0.2, 0.25) is 0 Å². The van der Waals surface area contributed by atoms with Crippen molar-refractivity contribution < 1.29 is 24.3 Å². The summed E-state index contributed by atoms with van der Waals surface area (Å²) in [6, 6.07) is 10.3. The minimum Gasteiger partial charge on any atom is -0.489 e. The van der Waals surface area contributed by atoms with Crippen LogP contribution in [0.25, 0.3) is 0 Å². The lowest BCUT2D eigenvalue weighted by Gasteiger charge is -2.31. The van der Waals surface area contributed by atoms with E-state index in [9.17, 15) is 19.6 Å². The maximum Gasteiger partial charge on any atom is 0.266 e. The maximum absolute atomic E-state index is 13.8. The first-order valence-corrected chi connectivity index (χ1v) is 12.2. The molecular weight excluding hydrogens is 460 g/mol. The molecule has 1 saturated heterocycles. The number of nitrogens with zero attached hydrogens (tertiary/aromatic N) is 2. The first kappa shape index (κ1) is 27.1. The maximum atomic E-state index is 13.8. The Labute approximate surface area is 212 Å². The van der Waals surface area contributed by atoms with Crippen molar-refractivity contribution in [1.82, 2.24) is 20.7 Å². The van der Waals surface area contributed by atoms with Crippen LogP contribution in [0.15, 0.2) is 36.4 Å². The van der Waals surface area contributed by atoms with Gasteiger partial charge < -0.3 is 15.0 Å². The molecule has 9 nitrogen and oxygen atoms in total. The molecular formula is C27H36N4O5. The van der Waals surface area contributed by atoms with Gasteiger partial charge >= 0.3 is 0 Å². The highest BCUT2D eigenvalue weighted by atomic mass is 16.5. The highest BCUT2D eigenvalue weighted by molar-refractivity contribution is 5.98. The average molecular weight is 497 g/mol.